The van der Waals surface area contributed by atoms with Crippen molar-refractivity contribution in [2.75, 3.05) is 6.61 Å². The van der Waals surface area contributed by atoms with Gasteiger partial charge in [-0.3, -0.25) is 20.4 Å². The normalized spacial score (nSPS) is 11.5. The quantitative estimate of drug-likeness (QED) is 0.615. The maximum absolute atomic E-state index is 12.0. The highest BCUT2D eigenvalue weighted by molar-refractivity contribution is 8.00. The molecule has 0 aliphatic heterocycles. The van der Waals surface area contributed by atoms with E-state index in [1.807, 2.05) is 62.4 Å². The number of hydrogen-bond donors (Lipinski definition) is 2. The van der Waals surface area contributed by atoms with E-state index >= 15 is 0 Å². The van der Waals surface area contributed by atoms with Crippen LogP contribution >= 0.6 is 11.8 Å². The van der Waals surface area contributed by atoms with Gasteiger partial charge in [0.15, 0.2) is 6.61 Å². The molecule has 2 aromatic rings. The van der Waals surface area contributed by atoms with Crippen LogP contribution in [0.25, 0.3) is 0 Å². The lowest BCUT2D eigenvalue weighted by molar-refractivity contribution is -0.129. The molecular formula is C19H22N2O3S. The smallest absolute Gasteiger partial charge is 0.276 e. The van der Waals surface area contributed by atoms with Gasteiger partial charge in [0.05, 0.1) is 5.25 Å². The predicted octanol–water partition coefficient (Wildman–Crippen LogP) is 3.01. The molecule has 0 spiro atoms. The van der Waals surface area contributed by atoms with E-state index < -0.39 is 5.91 Å². The van der Waals surface area contributed by atoms with E-state index in [0.29, 0.717) is 5.75 Å². The average Bonchev–Trinajstić information content (AvgIpc) is 2.61. The lowest BCUT2D eigenvalue weighted by Crippen LogP contribution is -2.46. The number of benzene rings is 2. The topological polar surface area (TPSA) is 67.4 Å². The Hall–Kier alpha value is -2.47. The maximum Gasteiger partial charge on any atom is 0.276 e. The Kier molecular flexibility index (Phi) is 6.89. The number of hydrogen-bond acceptors (Lipinski definition) is 4. The first kappa shape index (κ1) is 18.9. The largest absolute Gasteiger partial charge is 0.483 e. The van der Waals surface area contributed by atoms with Crippen molar-refractivity contribution in [2.45, 2.75) is 30.9 Å². The van der Waals surface area contributed by atoms with Gasteiger partial charge in [0.1, 0.15) is 5.75 Å². The molecule has 2 rings (SSSR count). The van der Waals surface area contributed by atoms with Gasteiger partial charge in [0.2, 0.25) is 0 Å². The number of carbonyl (C=O) groups is 2. The molecule has 2 aromatic carbocycles. The van der Waals surface area contributed by atoms with Crippen LogP contribution in [0.2, 0.25) is 0 Å². The van der Waals surface area contributed by atoms with Gasteiger partial charge in [-0.05, 0) is 50.1 Å². The fourth-order valence-corrected chi connectivity index (χ4v) is 2.92. The van der Waals surface area contributed by atoms with E-state index in [1.165, 1.54) is 11.8 Å². The Labute approximate surface area is 152 Å². The molecule has 0 aromatic heterocycles. The zero-order valence-corrected chi connectivity index (χ0v) is 15.4. The van der Waals surface area contributed by atoms with Gasteiger partial charge < -0.3 is 4.74 Å². The van der Waals surface area contributed by atoms with Crippen molar-refractivity contribution in [1.29, 1.82) is 0 Å². The van der Waals surface area contributed by atoms with Crippen molar-refractivity contribution in [2.24, 2.45) is 0 Å². The van der Waals surface area contributed by atoms with Crippen molar-refractivity contribution in [1.82, 2.24) is 10.9 Å². The molecule has 0 heterocycles. The van der Waals surface area contributed by atoms with Crippen LogP contribution in [0.4, 0.5) is 0 Å². The zero-order chi connectivity index (χ0) is 18.2. The van der Waals surface area contributed by atoms with Gasteiger partial charge in [0.25, 0.3) is 11.8 Å². The van der Waals surface area contributed by atoms with Crippen LogP contribution in [-0.2, 0) is 9.59 Å². The summed E-state index contributed by atoms with van der Waals surface area (Å²) in [6.45, 7) is 5.49. The van der Waals surface area contributed by atoms with Crippen LogP contribution in [-0.4, -0.2) is 23.7 Å². The lowest BCUT2D eigenvalue weighted by atomic mass is 10.1. The third kappa shape index (κ3) is 6.15. The number of hydrazine groups is 1. The summed E-state index contributed by atoms with van der Waals surface area (Å²) in [6.07, 6.45) is 0. The average molecular weight is 358 g/mol. The van der Waals surface area contributed by atoms with Crippen molar-refractivity contribution < 1.29 is 14.3 Å². The van der Waals surface area contributed by atoms with Crippen LogP contribution in [0.5, 0.6) is 5.75 Å². The fourth-order valence-electron chi connectivity index (χ4n) is 2.03. The summed E-state index contributed by atoms with van der Waals surface area (Å²) < 4.78 is 5.50. The highest BCUT2D eigenvalue weighted by Crippen LogP contribution is 2.22. The van der Waals surface area contributed by atoms with Crippen LogP contribution in [0.3, 0.4) is 0 Å². The summed E-state index contributed by atoms with van der Waals surface area (Å²) >= 11 is 1.42. The second kappa shape index (κ2) is 9.13. The third-order valence-corrected chi connectivity index (χ3v) is 4.56. The number of amides is 2. The van der Waals surface area contributed by atoms with E-state index in [4.69, 9.17) is 4.74 Å². The molecule has 0 saturated carbocycles. The van der Waals surface area contributed by atoms with Gasteiger partial charge >= 0.3 is 0 Å². The first-order valence-electron chi connectivity index (χ1n) is 7.96. The van der Waals surface area contributed by atoms with E-state index in [0.717, 1.165) is 16.0 Å². The summed E-state index contributed by atoms with van der Waals surface area (Å²) in [7, 11) is 0. The number of carbonyl (C=O) groups excluding carboxylic acids is 2. The molecule has 0 radical (unpaired) electrons. The molecule has 25 heavy (non-hydrogen) atoms. The second-order valence-electron chi connectivity index (χ2n) is 5.67. The molecule has 0 saturated heterocycles. The molecule has 1 unspecified atom stereocenters. The minimum atomic E-state index is -0.411. The highest BCUT2D eigenvalue weighted by Gasteiger charge is 2.15. The van der Waals surface area contributed by atoms with Crippen molar-refractivity contribution in [3.8, 4) is 5.75 Å². The molecule has 132 valence electrons. The minimum absolute atomic E-state index is 0.162. The van der Waals surface area contributed by atoms with Crippen LogP contribution < -0.4 is 15.6 Å². The number of thioether (sulfide) groups is 1. The molecule has 0 aliphatic rings. The van der Waals surface area contributed by atoms with Gasteiger partial charge in [-0.2, -0.15) is 0 Å². The van der Waals surface area contributed by atoms with Crippen molar-refractivity contribution in [3.63, 3.8) is 0 Å². The van der Waals surface area contributed by atoms with Crippen molar-refractivity contribution >= 4 is 23.6 Å². The minimum Gasteiger partial charge on any atom is -0.483 e. The standard InChI is InChI=1S/C19H22N2O3S/c1-13-9-10-14(2)17(11-13)24-12-18(22)20-21-19(23)15(3)25-16-7-5-4-6-8-16/h4-11,15H,12H2,1-3H3,(H,20,22)(H,21,23). The summed E-state index contributed by atoms with van der Waals surface area (Å²) in [4.78, 5) is 24.9. The summed E-state index contributed by atoms with van der Waals surface area (Å²) in [5, 5.41) is -0.331. The predicted molar refractivity (Wildman–Crippen MR) is 99.5 cm³/mol. The summed E-state index contributed by atoms with van der Waals surface area (Å²) in [5.74, 6) is -0.0189. The molecule has 5 nitrogen and oxygen atoms in total. The van der Waals surface area contributed by atoms with Crippen LogP contribution in [0.15, 0.2) is 53.4 Å². The number of ether oxygens (including phenoxy) is 1. The Bertz CT molecular complexity index is 735. The molecule has 0 aliphatic carbocycles. The van der Waals surface area contributed by atoms with Gasteiger partial charge in [-0.1, -0.05) is 30.3 Å². The summed E-state index contributed by atoms with van der Waals surface area (Å²) in [5.41, 5.74) is 6.81. The molecule has 0 fully saturated rings. The third-order valence-electron chi connectivity index (χ3n) is 3.45. The van der Waals surface area contributed by atoms with Gasteiger partial charge in [0, 0.05) is 4.90 Å². The fraction of sp³-hybridized carbons (Fsp3) is 0.263. The first-order chi connectivity index (χ1) is 12.0. The number of nitrogens with one attached hydrogen (secondary N) is 2. The molecule has 0 bridgehead atoms. The van der Waals surface area contributed by atoms with Gasteiger partial charge in [-0.25, -0.2) is 0 Å². The van der Waals surface area contributed by atoms with E-state index in [2.05, 4.69) is 10.9 Å². The van der Waals surface area contributed by atoms with E-state index in [1.54, 1.807) is 6.92 Å². The highest BCUT2D eigenvalue weighted by atomic mass is 32.2. The maximum atomic E-state index is 12.0. The van der Waals surface area contributed by atoms with Crippen LogP contribution in [0, 0.1) is 13.8 Å². The van der Waals surface area contributed by atoms with E-state index in [9.17, 15) is 9.59 Å². The monoisotopic (exact) mass is 358 g/mol. The lowest BCUT2D eigenvalue weighted by Gasteiger charge is -2.13. The zero-order valence-electron chi connectivity index (χ0n) is 14.5. The van der Waals surface area contributed by atoms with Gasteiger partial charge in [-0.15, -0.1) is 11.8 Å². The first-order valence-corrected chi connectivity index (χ1v) is 8.84. The molecule has 2 amide bonds. The van der Waals surface area contributed by atoms with Crippen LogP contribution in [0.1, 0.15) is 18.1 Å². The molecular weight excluding hydrogens is 336 g/mol. The SMILES string of the molecule is Cc1ccc(C)c(OCC(=O)NNC(=O)C(C)Sc2ccccc2)c1. The Morgan fingerprint density at radius 2 is 1.80 bits per heavy atom. The Balaban J connectivity index is 1.75. The molecule has 1 atom stereocenters. The summed E-state index contributed by atoms with van der Waals surface area (Å²) in [6, 6.07) is 15.4. The number of aryl methyl sites for hydroxylation is 2. The molecule has 2 N–H and O–H groups in total. The molecule has 6 heteroatoms. The number of rotatable bonds is 6. The Morgan fingerprint density at radius 1 is 1.08 bits per heavy atom. The van der Waals surface area contributed by atoms with Crippen molar-refractivity contribution in [3.05, 3.63) is 59.7 Å². The van der Waals surface area contributed by atoms with E-state index in [-0.39, 0.29) is 17.8 Å². The Morgan fingerprint density at radius 3 is 2.52 bits per heavy atom. The second-order valence-corrected chi connectivity index (χ2v) is 7.08.